The summed E-state index contributed by atoms with van der Waals surface area (Å²) >= 11 is 0. The summed E-state index contributed by atoms with van der Waals surface area (Å²) in [4.78, 5) is 60.6. The summed E-state index contributed by atoms with van der Waals surface area (Å²) in [6, 6.07) is 8.81. The summed E-state index contributed by atoms with van der Waals surface area (Å²) < 4.78 is 0. The number of aromatic nitrogens is 1. The number of fused-ring (bicyclic) bond motifs is 1. The van der Waals surface area contributed by atoms with Gasteiger partial charge >= 0.3 is 12.2 Å². The molecule has 3 atom stereocenters. The van der Waals surface area contributed by atoms with Gasteiger partial charge in [0.05, 0.1) is 23.7 Å². The topological polar surface area (TPSA) is 183 Å². The standard InChI is InChI=1S/C23H24N6O6/c1-12(2)21(28-22(33)15-8-7-13-5-3-4-6-14(13)26-15)17-9-19(35-29-17)23(34)27-16(10-20(31)32)18(30)11-25-24/h3-9,11-12,16,19,21,29H,10H2,1-2H3,(H,27,34)(H,28,33)(H,31,32)/t16-,19?,21-/m0/s1. The number of hydroxylamine groups is 1. The maximum Gasteiger partial charge on any atom is 0.325 e. The predicted molar refractivity (Wildman–Crippen MR) is 123 cm³/mol. The molecule has 0 spiro atoms. The van der Waals surface area contributed by atoms with Crippen LogP contribution in [0.15, 0.2) is 48.2 Å². The van der Waals surface area contributed by atoms with E-state index in [1.165, 1.54) is 6.08 Å². The average Bonchev–Trinajstić information content (AvgIpc) is 3.31. The number of ketones is 1. The lowest BCUT2D eigenvalue weighted by Gasteiger charge is -2.23. The Balaban J connectivity index is 1.72. The van der Waals surface area contributed by atoms with Crippen LogP contribution in [0.25, 0.3) is 16.4 Å². The first-order chi connectivity index (χ1) is 16.7. The first-order valence-electron chi connectivity index (χ1n) is 10.7. The molecule has 1 aliphatic heterocycles. The zero-order valence-corrected chi connectivity index (χ0v) is 19.0. The second-order valence-corrected chi connectivity index (χ2v) is 8.15. The van der Waals surface area contributed by atoms with Gasteiger partial charge in [-0.05, 0) is 24.1 Å². The molecule has 35 heavy (non-hydrogen) atoms. The maximum atomic E-state index is 12.9. The molecule has 0 radical (unpaired) electrons. The highest BCUT2D eigenvalue weighted by molar-refractivity contribution is 6.28. The molecule has 1 aromatic heterocycles. The van der Waals surface area contributed by atoms with Crippen LogP contribution < -0.4 is 16.1 Å². The van der Waals surface area contributed by atoms with E-state index >= 15 is 0 Å². The van der Waals surface area contributed by atoms with Crippen molar-refractivity contribution in [2.45, 2.75) is 38.5 Å². The Morgan fingerprint density at radius 3 is 2.63 bits per heavy atom. The molecule has 2 amide bonds. The van der Waals surface area contributed by atoms with Crippen molar-refractivity contribution in [3.8, 4) is 0 Å². The predicted octanol–water partition coefficient (Wildman–Crippen LogP) is 0.606. The lowest BCUT2D eigenvalue weighted by Crippen LogP contribution is -2.47. The number of pyridine rings is 1. The molecule has 1 unspecified atom stereocenters. The summed E-state index contributed by atoms with van der Waals surface area (Å²) in [5.74, 6) is -3.54. The number of para-hydroxylation sites is 1. The molecule has 3 rings (SSSR count). The number of carboxylic acids is 1. The van der Waals surface area contributed by atoms with Crippen molar-refractivity contribution in [2.24, 2.45) is 5.92 Å². The Morgan fingerprint density at radius 1 is 1.20 bits per heavy atom. The number of nitrogens with zero attached hydrogens (tertiary/aromatic N) is 3. The van der Waals surface area contributed by atoms with Crippen molar-refractivity contribution in [1.82, 2.24) is 21.1 Å². The van der Waals surface area contributed by atoms with E-state index in [4.69, 9.17) is 15.5 Å². The van der Waals surface area contributed by atoms with Gasteiger partial charge in [0, 0.05) is 5.39 Å². The molecule has 4 N–H and O–H groups in total. The minimum atomic E-state index is -1.45. The fraction of sp³-hybridized carbons (Fsp3) is 0.304. The Kier molecular flexibility index (Phi) is 8.03. The number of carboxylic acid groups (broad SMARTS) is 1. The van der Waals surface area contributed by atoms with Crippen LogP contribution in [0.1, 0.15) is 30.8 Å². The van der Waals surface area contributed by atoms with Crippen molar-refractivity contribution >= 4 is 40.7 Å². The summed E-state index contributed by atoms with van der Waals surface area (Å²) in [5.41, 5.74) is 12.5. The first kappa shape index (κ1) is 25.2. The minimum absolute atomic E-state index is 0.106. The molecule has 1 aliphatic rings. The van der Waals surface area contributed by atoms with Crippen molar-refractivity contribution in [1.29, 1.82) is 0 Å². The van der Waals surface area contributed by atoms with Crippen LogP contribution >= 0.6 is 0 Å². The van der Waals surface area contributed by atoms with Crippen molar-refractivity contribution in [3.05, 3.63) is 59.4 Å². The smallest absolute Gasteiger partial charge is 0.325 e. The van der Waals surface area contributed by atoms with Gasteiger partial charge in [-0.2, -0.15) is 4.79 Å². The van der Waals surface area contributed by atoms with E-state index in [-0.39, 0.29) is 11.6 Å². The minimum Gasteiger partial charge on any atom is -0.481 e. The molecule has 2 aromatic rings. The molecular formula is C23H24N6O6. The normalized spacial score (nSPS) is 16.4. The zero-order chi connectivity index (χ0) is 25.5. The second-order valence-electron chi connectivity index (χ2n) is 8.15. The number of carbonyl (C=O) groups excluding carboxylic acids is 3. The van der Waals surface area contributed by atoms with E-state index in [0.29, 0.717) is 17.4 Å². The largest absolute Gasteiger partial charge is 0.481 e. The van der Waals surface area contributed by atoms with E-state index in [0.717, 1.165) is 5.39 Å². The van der Waals surface area contributed by atoms with Gasteiger partial charge < -0.3 is 21.3 Å². The van der Waals surface area contributed by atoms with Crippen LogP contribution in [0, 0.1) is 5.92 Å². The highest BCUT2D eigenvalue weighted by Gasteiger charge is 2.33. The maximum absolute atomic E-state index is 12.9. The number of rotatable bonds is 10. The lowest BCUT2D eigenvalue weighted by molar-refractivity contribution is -0.140. The number of hydrogen-bond donors (Lipinski definition) is 4. The summed E-state index contributed by atoms with van der Waals surface area (Å²) in [6.07, 6.45) is 0.0264. The van der Waals surface area contributed by atoms with Crippen molar-refractivity contribution in [3.63, 3.8) is 0 Å². The Hall–Kier alpha value is -4.41. The van der Waals surface area contributed by atoms with Crippen LogP contribution in [-0.2, 0) is 19.2 Å². The van der Waals surface area contributed by atoms with E-state index in [9.17, 15) is 19.2 Å². The molecule has 12 nitrogen and oxygen atoms in total. The summed E-state index contributed by atoms with van der Waals surface area (Å²) in [6.45, 7) is 3.73. The molecule has 2 heterocycles. The number of hydrogen-bond acceptors (Lipinski definition) is 7. The number of Topliss-reactive ketones (excluding diaryl/α,β-unsaturated/α-hetero) is 1. The fourth-order valence-electron chi connectivity index (χ4n) is 3.47. The van der Waals surface area contributed by atoms with E-state index < -0.39 is 48.2 Å². The first-order valence-corrected chi connectivity index (χ1v) is 10.7. The van der Waals surface area contributed by atoms with Gasteiger partial charge in [0.25, 0.3) is 17.6 Å². The molecule has 0 saturated heterocycles. The zero-order valence-electron chi connectivity index (χ0n) is 19.0. The van der Waals surface area contributed by atoms with Gasteiger partial charge in [-0.3, -0.25) is 29.5 Å². The number of aliphatic carboxylic acids is 1. The van der Waals surface area contributed by atoms with Crippen LogP contribution in [0.5, 0.6) is 0 Å². The highest BCUT2D eigenvalue weighted by atomic mass is 16.7. The average molecular weight is 480 g/mol. The van der Waals surface area contributed by atoms with Crippen LogP contribution in [0.4, 0.5) is 0 Å². The van der Waals surface area contributed by atoms with Crippen LogP contribution in [0.3, 0.4) is 0 Å². The molecule has 1 aromatic carbocycles. The fourth-order valence-corrected chi connectivity index (χ4v) is 3.47. The number of carbonyl (C=O) groups is 4. The van der Waals surface area contributed by atoms with Gasteiger partial charge in [-0.25, -0.2) is 4.98 Å². The Bertz CT molecular complexity index is 1240. The monoisotopic (exact) mass is 480 g/mol. The van der Waals surface area contributed by atoms with Gasteiger partial charge in [0.2, 0.25) is 0 Å². The Morgan fingerprint density at radius 2 is 1.94 bits per heavy atom. The third kappa shape index (κ3) is 6.34. The van der Waals surface area contributed by atoms with Gasteiger partial charge in [-0.1, -0.05) is 38.1 Å². The molecule has 0 bridgehead atoms. The highest BCUT2D eigenvalue weighted by Crippen LogP contribution is 2.18. The lowest BCUT2D eigenvalue weighted by atomic mass is 9.99. The molecule has 0 aliphatic carbocycles. The van der Waals surface area contributed by atoms with Crippen LogP contribution in [0.2, 0.25) is 0 Å². The summed E-state index contributed by atoms with van der Waals surface area (Å²) in [5, 5.41) is 15.0. The van der Waals surface area contributed by atoms with Crippen LogP contribution in [-0.4, -0.2) is 62.8 Å². The van der Waals surface area contributed by atoms with Crippen molar-refractivity contribution < 1.29 is 33.9 Å². The van der Waals surface area contributed by atoms with E-state index in [1.54, 1.807) is 18.2 Å². The quantitative estimate of drug-likeness (QED) is 0.216. The molecule has 0 fully saturated rings. The molecule has 182 valence electrons. The molecule has 12 heteroatoms. The number of amides is 2. The second kappa shape index (κ2) is 11.1. The third-order valence-electron chi connectivity index (χ3n) is 5.24. The third-order valence-corrected chi connectivity index (χ3v) is 5.24. The Labute approximate surface area is 199 Å². The summed E-state index contributed by atoms with van der Waals surface area (Å²) in [7, 11) is 0. The van der Waals surface area contributed by atoms with Gasteiger partial charge in [0.15, 0.2) is 6.10 Å². The molecule has 0 saturated carbocycles. The van der Waals surface area contributed by atoms with E-state index in [1.807, 2.05) is 32.0 Å². The number of nitrogens with one attached hydrogen (secondary N) is 3. The number of benzene rings is 1. The van der Waals surface area contributed by atoms with Gasteiger partial charge in [-0.15, -0.1) is 0 Å². The molecular weight excluding hydrogens is 456 g/mol. The van der Waals surface area contributed by atoms with Crippen molar-refractivity contribution in [2.75, 3.05) is 0 Å². The van der Waals surface area contributed by atoms with Gasteiger partial charge in [0.1, 0.15) is 11.7 Å². The van der Waals surface area contributed by atoms with E-state index in [2.05, 4.69) is 25.9 Å². The SMILES string of the molecule is CC(C)[C@H](NC(=O)c1ccc2ccccc2n1)C1=CC(C(=O)N[C@@H](CC(=O)O)C(=O)C=[N+]=[N-])ON1.